The lowest BCUT2D eigenvalue weighted by molar-refractivity contribution is -0.129. The van der Waals surface area contributed by atoms with Gasteiger partial charge in [0, 0.05) is 45.7 Å². The van der Waals surface area contributed by atoms with E-state index in [1.54, 1.807) is 11.2 Å². The summed E-state index contributed by atoms with van der Waals surface area (Å²) in [6, 6.07) is -0.0778. The summed E-state index contributed by atoms with van der Waals surface area (Å²) >= 11 is 0. The van der Waals surface area contributed by atoms with Gasteiger partial charge in [0.15, 0.2) is 0 Å². The molecule has 2 aliphatic rings. The number of carbonyl (C=O) groups excluding carboxylic acids is 1. The Bertz CT molecular complexity index is 559. The predicted octanol–water partition coefficient (Wildman–Crippen LogP) is 0.912. The second kappa shape index (κ2) is 6.20. The Morgan fingerprint density at radius 2 is 2.18 bits per heavy atom. The molecule has 6 heteroatoms. The van der Waals surface area contributed by atoms with Gasteiger partial charge in [0.05, 0.1) is 5.69 Å². The van der Waals surface area contributed by atoms with Crippen molar-refractivity contribution in [2.24, 2.45) is 0 Å². The van der Waals surface area contributed by atoms with Gasteiger partial charge < -0.3 is 9.80 Å². The summed E-state index contributed by atoms with van der Waals surface area (Å²) in [7, 11) is 3.65. The van der Waals surface area contributed by atoms with Crippen molar-refractivity contribution >= 4 is 11.7 Å². The van der Waals surface area contributed by atoms with Crippen LogP contribution in [0.1, 0.15) is 31.0 Å². The molecule has 6 nitrogen and oxygen atoms in total. The molecular weight excluding hydrogens is 278 g/mol. The molecule has 0 unspecified atom stereocenters. The van der Waals surface area contributed by atoms with E-state index in [9.17, 15) is 4.79 Å². The molecule has 1 amide bonds. The third kappa shape index (κ3) is 2.67. The van der Waals surface area contributed by atoms with Crippen molar-refractivity contribution in [3.05, 3.63) is 17.6 Å². The quantitative estimate of drug-likeness (QED) is 0.831. The molecule has 120 valence electrons. The number of likely N-dealkylation sites (N-methyl/N-ethyl adjacent to an activating group) is 2. The summed E-state index contributed by atoms with van der Waals surface area (Å²) in [5, 5.41) is 0. The van der Waals surface area contributed by atoms with Crippen LogP contribution in [0.15, 0.2) is 6.33 Å². The zero-order chi connectivity index (χ0) is 15.7. The van der Waals surface area contributed by atoms with Gasteiger partial charge in [0.25, 0.3) is 0 Å². The number of hydrogen-bond donors (Lipinski definition) is 0. The Morgan fingerprint density at radius 3 is 2.91 bits per heavy atom. The minimum atomic E-state index is -0.0778. The lowest BCUT2D eigenvalue weighted by atomic mass is 10.1. The largest absolute Gasteiger partial charge is 0.347 e. The number of nitrogens with zero attached hydrogens (tertiary/aromatic N) is 5. The van der Waals surface area contributed by atoms with Crippen molar-refractivity contribution < 1.29 is 4.79 Å². The van der Waals surface area contributed by atoms with Crippen molar-refractivity contribution in [2.45, 2.75) is 38.8 Å². The van der Waals surface area contributed by atoms with Gasteiger partial charge >= 0.3 is 0 Å². The third-order valence-corrected chi connectivity index (χ3v) is 4.76. The van der Waals surface area contributed by atoms with Crippen LogP contribution in [0.3, 0.4) is 0 Å². The minimum absolute atomic E-state index is 0.0778. The SMILES string of the molecule is CCN1CCc2ncnc(N3CCC[C@@H]3C(=O)N(C)C)c2C1. The van der Waals surface area contributed by atoms with Gasteiger partial charge in [0.1, 0.15) is 18.2 Å². The van der Waals surface area contributed by atoms with E-state index in [0.29, 0.717) is 0 Å². The van der Waals surface area contributed by atoms with Crippen molar-refractivity contribution in [3.63, 3.8) is 0 Å². The molecule has 2 aliphatic heterocycles. The van der Waals surface area contributed by atoms with E-state index in [1.165, 1.54) is 5.56 Å². The monoisotopic (exact) mass is 303 g/mol. The van der Waals surface area contributed by atoms with Crippen LogP contribution in [-0.4, -0.2) is 65.4 Å². The molecule has 1 saturated heterocycles. The second-order valence-corrected chi connectivity index (χ2v) is 6.33. The number of aromatic nitrogens is 2. The van der Waals surface area contributed by atoms with E-state index in [-0.39, 0.29) is 11.9 Å². The Morgan fingerprint density at radius 1 is 1.36 bits per heavy atom. The normalized spacial score (nSPS) is 21.8. The molecule has 22 heavy (non-hydrogen) atoms. The van der Waals surface area contributed by atoms with Crippen LogP contribution >= 0.6 is 0 Å². The highest BCUT2D eigenvalue weighted by Gasteiger charge is 2.35. The average molecular weight is 303 g/mol. The van der Waals surface area contributed by atoms with Gasteiger partial charge in [-0.05, 0) is 19.4 Å². The van der Waals surface area contributed by atoms with Crippen LogP contribution < -0.4 is 4.90 Å². The Kier molecular flexibility index (Phi) is 4.29. The minimum Gasteiger partial charge on any atom is -0.347 e. The highest BCUT2D eigenvalue weighted by Crippen LogP contribution is 2.31. The smallest absolute Gasteiger partial charge is 0.244 e. The summed E-state index contributed by atoms with van der Waals surface area (Å²) < 4.78 is 0. The molecule has 0 spiro atoms. The first-order chi connectivity index (χ1) is 10.6. The first kappa shape index (κ1) is 15.2. The highest BCUT2D eigenvalue weighted by atomic mass is 16.2. The maximum atomic E-state index is 12.4. The van der Waals surface area contributed by atoms with Crippen LogP contribution in [0.25, 0.3) is 0 Å². The van der Waals surface area contributed by atoms with Crippen LogP contribution in [-0.2, 0) is 17.8 Å². The predicted molar refractivity (Wildman–Crippen MR) is 85.7 cm³/mol. The molecule has 1 aromatic rings. The molecule has 0 aromatic carbocycles. The van der Waals surface area contributed by atoms with Crippen LogP contribution in [0.5, 0.6) is 0 Å². The van der Waals surface area contributed by atoms with Gasteiger partial charge in [-0.3, -0.25) is 9.69 Å². The average Bonchev–Trinajstić information content (AvgIpc) is 3.02. The van der Waals surface area contributed by atoms with Crippen molar-refractivity contribution in [1.82, 2.24) is 19.8 Å². The lowest BCUT2D eigenvalue weighted by Crippen LogP contribution is -2.44. The van der Waals surface area contributed by atoms with E-state index in [1.807, 2.05) is 14.1 Å². The van der Waals surface area contributed by atoms with Crippen LogP contribution in [0.2, 0.25) is 0 Å². The van der Waals surface area contributed by atoms with Crippen molar-refractivity contribution in [3.8, 4) is 0 Å². The zero-order valence-electron chi connectivity index (χ0n) is 13.7. The maximum Gasteiger partial charge on any atom is 0.244 e. The fourth-order valence-corrected chi connectivity index (χ4v) is 3.47. The highest BCUT2D eigenvalue weighted by molar-refractivity contribution is 5.85. The molecule has 3 rings (SSSR count). The number of anilines is 1. The molecule has 0 radical (unpaired) electrons. The fourth-order valence-electron chi connectivity index (χ4n) is 3.47. The zero-order valence-corrected chi connectivity index (χ0v) is 13.7. The van der Waals surface area contributed by atoms with Gasteiger partial charge in [-0.2, -0.15) is 0 Å². The molecule has 0 bridgehead atoms. The molecular formula is C16H25N5O. The Balaban J connectivity index is 1.93. The third-order valence-electron chi connectivity index (χ3n) is 4.76. The maximum absolute atomic E-state index is 12.4. The molecule has 1 fully saturated rings. The first-order valence-corrected chi connectivity index (χ1v) is 8.14. The van der Waals surface area contributed by atoms with E-state index in [0.717, 1.165) is 57.0 Å². The Labute approximate surface area is 132 Å². The summed E-state index contributed by atoms with van der Waals surface area (Å²) in [4.78, 5) is 27.8. The summed E-state index contributed by atoms with van der Waals surface area (Å²) in [6.45, 7) is 6.07. The number of hydrogen-bond acceptors (Lipinski definition) is 5. The van der Waals surface area contributed by atoms with Crippen LogP contribution in [0.4, 0.5) is 5.82 Å². The lowest BCUT2D eigenvalue weighted by Gasteiger charge is -2.33. The van der Waals surface area contributed by atoms with Crippen molar-refractivity contribution in [1.29, 1.82) is 0 Å². The van der Waals surface area contributed by atoms with E-state index in [2.05, 4.69) is 26.7 Å². The van der Waals surface area contributed by atoms with Gasteiger partial charge in [-0.15, -0.1) is 0 Å². The molecule has 0 N–H and O–H groups in total. The second-order valence-electron chi connectivity index (χ2n) is 6.33. The molecule has 0 aliphatic carbocycles. The summed E-state index contributed by atoms with van der Waals surface area (Å²) in [5.74, 6) is 1.15. The molecule has 1 atom stereocenters. The molecule has 3 heterocycles. The number of rotatable bonds is 3. The van der Waals surface area contributed by atoms with Gasteiger partial charge in [-0.25, -0.2) is 9.97 Å². The van der Waals surface area contributed by atoms with E-state index >= 15 is 0 Å². The number of amides is 1. The van der Waals surface area contributed by atoms with Gasteiger partial charge in [-0.1, -0.05) is 6.92 Å². The topological polar surface area (TPSA) is 52.6 Å². The summed E-state index contributed by atoms with van der Waals surface area (Å²) in [5.41, 5.74) is 2.37. The number of carbonyl (C=O) groups is 1. The standard InChI is InChI=1S/C16H25N5O/c1-4-20-9-7-13-12(10-20)15(18-11-17-13)21-8-5-6-14(21)16(22)19(2)3/h11,14H,4-10H2,1-3H3/t14-/m1/s1. The van der Waals surface area contributed by atoms with Crippen LogP contribution in [0, 0.1) is 0 Å². The van der Waals surface area contributed by atoms with Crippen molar-refractivity contribution in [2.75, 3.05) is 38.6 Å². The summed E-state index contributed by atoms with van der Waals surface area (Å²) in [6.07, 6.45) is 4.58. The Hall–Kier alpha value is -1.69. The van der Waals surface area contributed by atoms with Gasteiger partial charge in [0.2, 0.25) is 5.91 Å². The van der Waals surface area contributed by atoms with E-state index in [4.69, 9.17) is 0 Å². The molecule has 1 aromatic heterocycles. The molecule has 0 saturated carbocycles. The number of fused-ring (bicyclic) bond motifs is 1. The fraction of sp³-hybridized carbons (Fsp3) is 0.688. The first-order valence-electron chi connectivity index (χ1n) is 8.14. The van der Waals surface area contributed by atoms with E-state index < -0.39 is 0 Å².